The number of nitrogens with one attached hydrogen (secondary N) is 1. The van der Waals surface area contributed by atoms with Crippen molar-refractivity contribution in [1.29, 1.82) is 0 Å². The maximum atomic E-state index is 14.1. The van der Waals surface area contributed by atoms with Gasteiger partial charge < -0.3 is 15.2 Å². The van der Waals surface area contributed by atoms with E-state index in [1.165, 1.54) is 0 Å². The van der Waals surface area contributed by atoms with Gasteiger partial charge in [0.15, 0.2) is 0 Å². The van der Waals surface area contributed by atoms with Crippen LogP contribution in [0.15, 0.2) is 42.5 Å². The van der Waals surface area contributed by atoms with Crippen LogP contribution in [0.3, 0.4) is 0 Å². The summed E-state index contributed by atoms with van der Waals surface area (Å²) in [5, 5.41) is 12.1. The minimum atomic E-state index is -4.64. The Hall–Kier alpha value is -2.45. The lowest BCUT2D eigenvalue weighted by Crippen LogP contribution is -2.47. The van der Waals surface area contributed by atoms with E-state index in [9.17, 15) is 27.5 Å². The van der Waals surface area contributed by atoms with Gasteiger partial charge in [0.2, 0.25) is 5.91 Å². The maximum Gasteiger partial charge on any atom is 0.416 e. The minimum Gasteiger partial charge on any atom is -0.396 e. The molecule has 0 spiro atoms. The molecule has 2 atom stereocenters. The predicted octanol–water partition coefficient (Wildman–Crippen LogP) is 5.31. The highest BCUT2D eigenvalue weighted by Gasteiger charge is 2.38. The van der Waals surface area contributed by atoms with Crippen LogP contribution in [0, 0.1) is 17.2 Å². The zero-order valence-corrected chi connectivity index (χ0v) is 18.1. The van der Waals surface area contributed by atoms with Crippen molar-refractivity contribution in [2.75, 3.05) is 25.1 Å². The molecule has 2 unspecified atom stereocenters. The molecule has 4 rings (SSSR count). The van der Waals surface area contributed by atoms with Crippen LogP contribution >= 0.6 is 0 Å². The molecule has 1 saturated carbocycles. The SMILES string of the molecule is O=C(Nc1ccc(C(F)(F)F)cc1F)C1CCCC(c2ccc(CC3(CO)COC3)cc2)C1. The van der Waals surface area contributed by atoms with Crippen LogP contribution in [0.2, 0.25) is 0 Å². The molecule has 178 valence electrons. The van der Waals surface area contributed by atoms with Crippen molar-refractivity contribution < 1.29 is 32.2 Å². The van der Waals surface area contributed by atoms with E-state index in [2.05, 4.69) is 17.4 Å². The van der Waals surface area contributed by atoms with Crippen LogP contribution in [-0.4, -0.2) is 30.8 Å². The van der Waals surface area contributed by atoms with E-state index in [1.54, 1.807) is 0 Å². The highest BCUT2D eigenvalue weighted by Crippen LogP contribution is 2.38. The third-order valence-electron chi connectivity index (χ3n) is 6.78. The first kappa shape index (κ1) is 23.7. The molecule has 0 radical (unpaired) electrons. The molecular weight excluding hydrogens is 438 g/mol. The highest BCUT2D eigenvalue weighted by molar-refractivity contribution is 5.92. The molecule has 1 aliphatic carbocycles. The van der Waals surface area contributed by atoms with Gasteiger partial charge in [-0.3, -0.25) is 4.79 Å². The van der Waals surface area contributed by atoms with Crippen molar-refractivity contribution in [3.05, 3.63) is 65.0 Å². The molecule has 33 heavy (non-hydrogen) atoms. The number of aliphatic hydroxyl groups is 1. The van der Waals surface area contributed by atoms with Crippen LogP contribution in [0.4, 0.5) is 23.2 Å². The van der Waals surface area contributed by atoms with Gasteiger partial charge in [0.1, 0.15) is 5.82 Å². The van der Waals surface area contributed by atoms with E-state index >= 15 is 0 Å². The number of rotatable bonds is 6. The molecular formula is C25H27F4NO3. The fraction of sp³-hybridized carbons (Fsp3) is 0.480. The number of carbonyl (C=O) groups is 1. The molecule has 2 N–H and O–H groups in total. The van der Waals surface area contributed by atoms with Gasteiger partial charge in [-0.25, -0.2) is 4.39 Å². The molecule has 8 heteroatoms. The molecule has 1 aliphatic heterocycles. The average molecular weight is 465 g/mol. The molecule has 4 nitrogen and oxygen atoms in total. The standard InChI is InChI=1S/C25H27F4NO3/c26-21-11-20(25(27,28)29)8-9-22(21)30-23(32)19-3-1-2-18(10-19)17-6-4-16(5-7-17)12-24(13-31)14-33-15-24/h4-9,11,18-19,31H,1-3,10,12-15H2,(H,30,32). The van der Waals surface area contributed by atoms with E-state index in [-0.39, 0.29) is 35.5 Å². The number of aliphatic hydroxyl groups excluding tert-OH is 1. The number of alkyl halides is 3. The Morgan fingerprint density at radius 3 is 2.42 bits per heavy atom. The summed E-state index contributed by atoms with van der Waals surface area (Å²) >= 11 is 0. The summed E-state index contributed by atoms with van der Waals surface area (Å²) < 4.78 is 57.6. The van der Waals surface area contributed by atoms with E-state index in [0.717, 1.165) is 42.5 Å². The largest absolute Gasteiger partial charge is 0.416 e. The normalized spacial score (nSPS) is 22.5. The van der Waals surface area contributed by atoms with Crippen molar-refractivity contribution in [2.45, 2.75) is 44.2 Å². The van der Waals surface area contributed by atoms with Gasteiger partial charge in [0, 0.05) is 11.3 Å². The summed E-state index contributed by atoms with van der Waals surface area (Å²) in [6.45, 7) is 1.21. The summed E-state index contributed by atoms with van der Waals surface area (Å²) in [5.74, 6) is -1.63. The van der Waals surface area contributed by atoms with Crippen LogP contribution in [0.25, 0.3) is 0 Å². The first-order valence-corrected chi connectivity index (χ1v) is 11.1. The number of ether oxygens (including phenoxy) is 1. The van der Waals surface area contributed by atoms with E-state index < -0.39 is 17.6 Å². The number of anilines is 1. The van der Waals surface area contributed by atoms with Gasteiger partial charge in [-0.15, -0.1) is 0 Å². The molecule has 1 saturated heterocycles. The van der Waals surface area contributed by atoms with Crippen molar-refractivity contribution in [1.82, 2.24) is 0 Å². The smallest absolute Gasteiger partial charge is 0.396 e. The Morgan fingerprint density at radius 1 is 1.12 bits per heavy atom. The summed E-state index contributed by atoms with van der Waals surface area (Å²) in [7, 11) is 0. The van der Waals surface area contributed by atoms with Crippen LogP contribution in [0.1, 0.15) is 48.3 Å². The van der Waals surface area contributed by atoms with Gasteiger partial charge in [0.05, 0.1) is 31.1 Å². The van der Waals surface area contributed by atoms with Gasteiger partial charge >= 0.3 is 6.18 Å². The Labute approximate surface area is 190 Å². The number of hydrogen-bond donors (Lipinski definition) is 2. The van der Waals surface area contributed by atoms with E-state index in [4.69, 9.17) is 4.74 Å². The lowest BCUT2D eigenvalue weighted by molar-refractivity contribution is -0.137. The monoisotopic (exact) mass is 465 g/mol. The van der Waals surface area contributed by atoms with Gasteiger partial charge in [-0.1, -0.05) is 30.7 Å². The van der Waals surface area contributed by atoms with Gasteiger partial charge in [0.25, 0.3) is 0 Å². The molecule has 0 bridgehead atoms. The molecule has 2 aromatic carbocycles. The minimum absolute atomic E-state index is 0.0910. The second-order valence-corrected chi connectivity index (χ2v) is 9.31. The van der Waals surface area contributed by atoms with Crippen LogP contribution in [0.5, 0.6) is 0 Å². The summed E-state index contributed by atoms with van der Waals surface area (Å²) in [6.07, 6.45) is -0.862. The lowest BCUT2D eigenvalue weighted by Gasteiger charge is -2.40. The van der Waals surface area contributed by atoms with Gasteiger partial charge in [-0.2, -0.15) is 13.2 Å². The summed E-state index contributed by atoms with van der Waals surface area (Å²) in [6, 6.07) is 10.3. The number of carbonyl (C=O) groups excluding carboxylic acids is 1. The summed E-state index contributed by atoms with van der Waals surface area (Å²) in [5.41, 5.74) is 0.730. The molecule has 2 aromatic rings. The highest BCUT2D eigenvalue weighted by atomic mass is 19.4. The Balaban J connectivity index is 1.37. The Morgan fingerprint density at radius 2 is 1.85 bits per heavy atom. The zero-order chi connectivity index (χ0) is 23.6. The molecule has 2 fully saturated rings. The number of hydrogen-bond acceptors (Lipinski definition) is 3. The van der Waals surface area contributed by atoms with Crippen molar-refractivity contribution in [3.8, 4) is 0 Å². The fourth-order valence-corrected chi connectivity index (χ4v) is 4.74. The second kappa shape index (κ2) is 9.43. The third-order valence-corrected chi connectivity index (χ3v) is 6.78. The molecule has 1 amide bonds. The van der Waals surface area contributed by atoms with E-state index in [1.807, 2.05) is 12.1 Å². The van der Waals surface area contributed by atoms with Gasteiger partial charge in [-0.05, 0) is 60.9 Å². The van der Waals surface area contributed by atoms with E-state index in [0.29, 0.717) is 32.1 Å². The first-order valence-electron chi connectivity index (χ1n) is 11.1. The van der Waals surface area contributed by atoms with Crippen molar-refractivity contribution in [2.24, 2.45) is 11.3 Å². The fourth-order valence-electron chi connectivity index (χ4n) is 4.74. The predicted molar refractivity (Wildman–Crippen MR) is 115 cm³/mol. The van der Waals surface area contributed by atoms with Crippen LogP contribution < -0.4 is 5.32 Å². The lowest BCUT2D eigenvalue weighted by atomic mass is 9.76. The number of halogens is 4. The van der Waals surface area contributed by atoms with Crippen LogP contribution in [-0.2, 0) is 22.1 Å². The third kappa shape index (κ3) is 5.38. The summed E-state index contributed by atoms with van der Waals surface area (Å²) in [4.78, 5) is 12.7. The molecule has 0 aromatic heterocycles. The van der Waals surface area contributed by atoms with Crippen molar-refractivity contribution in [3.63, 3.8) is 0 Å². The molecule has 1 heterocycles. The Bertz CT molecular complexity index is 981. The molecule has 2 aliphatic rings. The number of amides is 1. The quantitative estimate of drug-likeness (QED) is 0.569. The first-order chi connectivity index (χ1) is 15.7. The maximum absolute atomic E-state index is 14.1. The zero-order valence-electron chi connectivity index (χ0n) is 18.1. The number of benzene rings is 2. The topological polar surface area (TPSA) is 58.6 Å². The second-order valence-electron chi connectivity index (χ2n) is 9.31. The average Bonchev–Trinajstić information content (AvgIpc) is 2.77. The van der Waals surface area contributed by atoms with Crippen molar-refractivity contribution >= 4 is 11.6 Å². The Kier molecular flexibility index (Phi) is 6.77.